The molecule has 0 spiro atoms. The SMILES string of the molecule is C1=CC=CC(c2cccc(-n3c4ccccc4c4c5c(ccc43)Cc3ccccc3N5c3cccc(-c4ccc5oc6ccccc6c5c4)c3)n2)C=C1. The zero-order valence-electron chi connectivity index (χ0n) is 28.9. The molecule has 0 N–H and O–H groups in total. The van der Waals surface area contributed by atoms with E-state index in [9.17, 15) is 0 Å². The second-order valence-electron chi connectivity index (χ2n) is 13.9. The van der Waals surface area contributed by atoms with Crippen molar-refractivity contribution in [3.8, 4) is 16.9 Å². The predicted octanol–water partition coefficient (Wildman–Crippen LogP) is 12.9. The Balaban J connectivity index is 1.12. The van der Waals surface area contributed by atoms with Gasteiger partial charge in [-0.15, -0.1) is 0 Å². The van der Waals surface area contributed by atoms with Crippen LogP contribution in [0.15, 0.2) is 186 Å². The zero-order chi connectivity index (χ0) is 34.9. The maximum Gasteiger partial charge on any atom is 0.137 e. The van der Waals surface area contributed by atoms with Crippen molar-refractivity contribution in [3.63, 3.8) is 0 Å². The van der Waals surface area contributed by atoms with Crippen LogP contribution < -0.4 is 4.90 Å². The minimum atomic E-state index is 0.109. The Labute approximate surface area is 306 Å². The van der Waals surface area contributed by atoms with Crippen molar-refractivity contribution in [3.05, 3.63) is 199 Å². The number of hydrogen-bond donors (Lipinski definition) is 0. The first kappa shape index (κ1) is 29.8. The van der Waals surface area contributed by atoms with E-state index in [4.69, 9.17) is 9.40 Å². The Morgan fingerprint density at radius 1 is 0.547 bits per heavy atom. The molecule has 4 nitrogen and oxygen atoms in total. The highest BCUT2D eigenvalue weighted by atomic mass is 16.3. The molecule has 1 aliphatic heterocycles. The van der Waals surface area contributed by atoms with Crippen molar-refractivity contribution < 1.29 is 4.42 Å². The van der Waals surface area contributed by atoms with E-state index >= 15 is 0 Å². The smallest absolute Gasteiger partial charge is 0.137 e. The molecule has 0 amide bonds. The average molecular weight is 680 g/mol. The third-order valence-corrected chi connectivity index (χ3v) is 10.8. The number of hydrogen-bond acceptors (Lipinski definition) is 3. The maximum atomic E-state index is 6.17. The Kier molecular flexibility index (Phi) is 6.65. The lowest BCUT2D eigenvalue weighted by molar-refractivity contribution is 0.669. The van der Waals surface area contributed by atoms with Gasteiger partial charge in [0.2, 0.25) is 0 Å². The molecule has 6 aromatic carbocycles. The first-order chi connectivity index (χ1) is 26.3. The Hall–Kier alpha value is -6.91. The van der Waals surface area contributed by atoms with Crippen LogP contribution in [0.2, 0.25) is 0 Å². The molecule has 11 rings (SSSR count). The number of aromatic nitrogens is 2. The summed E-state index contributed by atoms with van der Waals surface area (Å²) in [7, 11) is 0. The van der Waals surface area contributed by atoms with Crippen LogP contribution in [-0.4, -0.2) is 9.55 Å². The lowest BCUT2D eigenvalue weighted by Gasteiger charge is -2.34. The van der Waals surface area contributed by atoms with E-state index in [1.807, 2.05) is 12.1 Å². The van der Waals surface area contributed by atoms with Crippen molar-refractivity contribution in [2.75, 3.05) is 4.90 Å². The zero-order valence-corrected chi connectivity index (χ0v) is 28.9. The van der Waals surface area contributed by atoms with Gasteiger partial charge in [0.25, 0.3) is 0 Å². The minimum Gasteiger partial charge on any atom is -0.456 e. The molecule has 1 aliphatic carbocycles. The number of allylic oxidation sites excluding steroid dienone is 6. The number of furan rings is 1. The largest absolute Gasteiger partial charge is 0.456 e. The first-order valence-corrected chi connectivity index (χ1v) is 18.2. The van der Waals surface area contributed by atoms with Gasteiger partial charge in [-0.25, -0.2) is 4.98 Å². The molecule has 0 atom stereocenters. The van der Waals surface area contributed by atoms with Crippen molar-refractivity contribution in [1.82, 2.24) is 9.55 Å². The van der Waals surface area contributed by atoms with Gasteiger partial charge in [0, 0.05) is 45.3 Å². The van der Waals surface area contributed by atoms with Crippen molar-refractivity contribution in [1.29, 1.82) is 0 Å². The molecule has 250 valence electrons. The highest BCUT2D eigenvalue weighted by molar-refractivity contribution is 6.18. The summed E-state index contributed by atoms with van der Waals surface area (Å²) in [4.78, 5) is 7.79. The second-order valence-corrected chi connectivity index (χ2v) is 13.9. The number of pyridine rings is 1. The van der Waals surface area contributed by atoms with Crippen LogP contribution in [0.3, 0.4) is 0 Å². The Bertz CT molecular complexity index is 2990. The molecule has 4 heterocycles. The fraction of sp³-hybridized carbons (Fsp3) is 0.0408. The normalized spacial score (nSPS) is 14.0. The predicted molar refractivity (Wildman–Crippen MR) is 219 cm³/mol. The molecule has 4 heteroatoms. The van der Waals surface area contributed by atoms with Gasteiger partial charge < -0.3 is 9.32 Å². The van der Waals surface area contributed by atoms with Crippen LogP contribution in [0.4, 0.5) is 17.1 Å². The molecule has 0 saturated carbocycles. The van der Waals surface area contributed by atoms with Gasteiger partial charge in [-0.2, -0.15) is 0 Å². The molecule has 9 aromatic rings. The van der Waals surface area contributed by atoms with Crippen LogP contribution >= 0.6 is 0 Å². The fourth-order valence-corrected chi connectivity index (χ4v) is 8.44. The molecule has 0 radical (unpaired) electrons. The van der Waals surface area contributed by atoms with E-state index < -0.39 is 0 Å². The highest BCUT2D eigenvalue weighted by Crippen LogP contribution is 2.50. The third kappa shape index (κ3) is 4.73. The number of para-hydroxylation sites is 3. The van der Waals surface area contributed by atoms with Gasteiger partial charge in [-0.1, -0.05) is 121 Å². The summed E-state index contributed by atoms with van der Waals surface area (Å²) in [5.41, 5.74) is 13.6. The molecule has 0 fully saturated rings. The molecular weight excluding hydrogens is 647 g/mol. The van der Waals surface area contributed by atoms with Crippen LogP contribution in [-0.2, 0) is 6.42 Å². The number of fused-ring (bicyclic) bond motifs is 9. The van der Waals surface area contributed by atoms with E-state index in [-0.39, 0.29) is 5.92 Å². The second kappa shape index (κ2) is 11.8. The van der Waals surface area contributed by atoms with E-state index in [1.54, 1.807) is 0 Å². The molecule has 3 aromatic heterocycles. The van der Waals surface area contributed by atoms with Gasteiger partial charge in [-0.05, 0) is 82.9 Å². The van der Waals surface area contributed by atoms with Gasteiger partial charge in [-0.3, -0.25) is 4.57 Å². The molecule has 0 saturated heterocycles. The average Bonchev–Trinajstić information content (AvgIpc) is 3.62. The number of benzene rings is 6. The number of rotatable bonds is 4. The summed E-state index contributed by atoms with van der Waals surface area (Å²) < 4.78 is 8.51. The number of nitrogens with zero attached hydrogens (tertiary/aromatic N) is 3. The summed E-state index contributed by atoms with van der Waals surface area (Å²) in [5.74, 6) is 1.03. The molecular formula is C49H33N3O. The van der Waals surface area contributed by atoms with Gasteiger partial charge >= 0.3 is 0 Å². The molecule has 0 bridgehead atoms. The minimum absolute atomic E-state index is 0.109. The van der Waals surface area contributed by atoms with E-state index in [0.717, 1.165) is 67.7 Å². The Morgan fingerprint density at radius 3 is 2.25 bits per heavy atom. The number of anilines is 3. The Morgan fingerprint density at radius 2 is 1.32 bits per heavy atom. The summed E-state index contributed by atoms with van der Waals surface area (Å²) in [6.45, 7) is 0. The van der Waals surface area contributed by atoms with Crippen LogP contribution in [0.1, 0.15) is 22.7 Å². The molecule has 0 unspecified atom stereocenters. The van der Waals surface area contributed by atoms with E-state index in [1.165, 1.54) is 33.3 Å². The van der Waals surface area contributed by atoms with Crippen LogP contribution in [0, 0.1) is 0 Å². The standard InChI is InChI=1S/C49H33N3O/c1-2-4-14-32(13-3-1)41-20-12-24-47(50-41)52-43-22-9-6-19-39(43)48-44(52)27-25-36-29-35-15-5-8-21-42(35)51(49(36)48)37-17-11-16-33(30-37)34-26-28-46-40(31-34)38-18-7-10-23-45(38)53-46/h1-28,30-32H,29H2. The van der Waals surface area contributed by atoms with Crippen molar-refractivity contribution >= 4 is 60.8 Å². The van der Waals surface area contributed by atoms with Crippen molar-refractivity contribution in [2.24, 2.45) is 0 Å². The van der Waals surface area contributed by atoms with Crippen LogP contribution in [0.5, 0.6) is 0 Å². The first-order valence-electron chi connectivity index (χ1n) is 18.2. The van der Waals surface area contributed by atoms with Crippen LogP contribution in [0.25, 0.3) is 60.7 Å². The summed E-state index contributed by atoms with van der Waals surface area (Å²) in [6, 6.07) is 52.4. The summed E-state index contributed by atoms with van der Waals surface area (Å²) in [5, 5.41) is 4.71. The summed E-state index contributed by atoms with van der Waals surface area (Å²) >= 11 is 0. The van der Waals surface area contributed by atoms with E-state index in [2.05, 4.69) is 179 Å². The van der Waals surface area contributed by atoms with Gasteiger partial charge in [0.05, 0.1) is 22.4 Å². The van der Waals surface area contributed by atoms with Gasteiger partial charge in [0.1, 0.15) is 17.0 Å². The maximum absolute atomic E-state index is 6.17. The third-order valence-electron chi connectivity index (χ3n) is 10.8. The fourth-order valence-electron chi connectivity index (χ4n) is 8.44. The quantitative estimate of drug-likeness (QED) is 0.186. The molecule has 53 heavy (non-hydrogen) atoms. The molecule has 2 aliphatic rings. The lowest BCUT2D eigenvalue weighted by Crippen LogP contribution is -2.19. The lowest BCUT2D eigenvalue weighted by atomic mass is 9.92. The van der Waals surface area contributed by atoms with E-state index in [0.29, 0.717) is 0 Å². The van der Waals surface area contributed by atoms with Gasteiger partial charge in [0.15, 0.2) is 0 Å². The monoisotopic (exact) mass is 679 g/mol. The highest BCUT2D eigenvalue weighted by Gasteiger charge is 2.29. The van der Waals surface area contributed by atoms with Crippen molar-refractivity contribution in [2.45, 2.75) is 12.3 Å². The summed E-state index contributed by atoms with van der Waals surface area (Å²) in [6.07, 6.45) is 13.6. The topological polar surface area (TPSA) is 34.2 Å².